The first-order valence-electron chi connectivity index (χ1n) is 7.50. The van der Waals surface area contributed by atoms with Gasteiger partial charge in [0.2, 0.25) is 5.91 Å². The van der Waals surface area contributed by atoms with Gasteiger partial charge in [0.1, 0.15) is 0 Å². The van der Waals surface area contributed by atoms with E-state index in [2.05, 4.69) is 30.6 Å². The third kappa shape index (κ3) is 3.24. The van der Waals surface area contributed by atoms with E-state index < -0.39 is 0 Å². The molecule has 0 bridgehead atoms. The van der Waals surface area contributed by atoms with Crippen molar-refractivity contribution in [1.29, 1.82) is 0 Å². The fourth-order valence-corrected chi connectivity index (χ4v) is 2.67. The summed E-state index contributed by atoms with van der Waals surface area (Å²) in [6.07, 6.45) is 1.85. The van der Waals surface area contributed by atoms with Gasteiger partial charge in [0.15, 0.2) is 11.6 Å². The Bertz CT molecular complexity index is 650. The SMILES string of the molecule is Cc1ccc(N2CCCC(C(=O)Nc3cc(C)[nH]n3)C2)nn1. The lowest BCUT2D eigenvalue weighted by Crippen LogP contribution is -2.41. The van der Waals surface area contributed by atoms with E-state index in [1.165, 1.54) is 0 Å². The van der Waals surface area contributed by atoms with Crippen LogP contribution in [0.15, 0.2) is 18.2 Å². The Balaban J connectivity index is 1.64. The molecule has 0 spiro atoms. The van der Waals surface area contributed by atoms with E-state index >= 15 is 0 Å². The molecule has 1 atom stereocenters. The van der Waals surface area contributed by atoms with Crippen molar-refractivity contribution in [2.45, 2.75) is 26.7 Å². The largest absolute Gasteiger partial charge is 0.354 e. The quantitative estimate of drug-likeness (QED) is 0.900. The van der Waals surface area contributed by atoms with Gasteiger partial charge in [-0.2, -0.15) is 10.2 Å². The average molecular weight is 300 g/mol. The maximum Gasteiger partial charge on any atom is 0.230 e. The molecule has 22 heavy (non-hydrogen) atoms. The number of H-pyrrole nitrogens is 1. The molecule has 1 aliphatic heterocycles. The van der Waals surface area contributed by atoms with Gasteiger partial charge in [-0.25, -0.2) is 0 Å². The molecule has 1 unspecified atom stereocenters. The molecular formula is C15H20N6O. The van der Waals surface area contributed by atoms with Gasteiger partial charge in [-0.1, -0.05) is 0 Å². The summed E-state index contributed by atoms with van der Waals surface area (Å²) in [5, 5.41) is 18.0. The Morgan fingerprint density at radius 2 is 2.23 bits per heavy atom. The lowest BCUT2D eigenvalue weighted by atomic mass is 9.97. The third-order valence-corrected chi connectivity index (χ3v) is 3.86. The summed E-state index contributed by atoms with van der Waals surface area (Å²) in [4.78, 5) is 14.5. The van der Waals surface area contributed by atoms with E-state index in [-0.39, 0.29) is 11.8 Å². The molecule has 1 aliphatic rings. The van der Waals surface area contributed by atoms with Crippen LogP contribution in [0.2, 0.25) is 0 Å². The summed E-state index contributed by atoms with van der Waals surface area (Å²) < 4.78 is 0. The summed E-state index contributed by atoms with van der Waals surface area (Å²) >= 11 is 0. The molecule has 1 fully saturated rings. The number of rotatable bonds is 3. The van der Waals surface area contributed by atoms with Crippen molar-refractivity contribution >= 4 is 17.5 Å². The highest BCUT2D eigenvalue weighted by atomic mass is 16.2. The summed E-state index contributed by atoms with van der Waals surface area (Å²) in [6, 6.07) is 5.72. The number of carbonyl (C=O) groups is 1. The van der Waals surface area contributed by atoms with E-state index in [4.69, 9.17) is 0 Å². The maximum absolute atomic E-state index is 12.4. The normalized spacial score (nSPS) is 18.3. The molecule has 7 heteroatoms. The van der Waals surface area contributed by atoms with Crippen LogP contribution in [0.1, 0.15) is 24.2 Å². The van der Waals surface area contributed by atoms with Crippen LogP contribution in [0.5, 0.6) is 0 Å². The zero-order chi connectivity index (χ0) is 15.5. The number of anilines is 2. The Hall–Kier alpha value is -2.44. The van der Waals surface area contributed by atoms with E-state index in [9.17, 15) is 4.79 Å². The Labute approximate surface area is 129 Å². The number of carbonyl (C=O) groups excluding carboxylic acids is 1. The molecular weight excluding hydrogens is 280 g/mol. The van der Waals surface area contributed by atoms with Gasteiger partial charge < -0.3 is 10.2 Å². The van der Waals surface area contributed by atoms with Crippen LogP contribution < -0.4 is 10.2 Å². The van der Waals surface area contributed by atoms with E-state index in [0.717, 1.165) is 36.6 Å². The minimum Gasteiger partial charge on any atom is -0.354 e. The van der Waals surface area contributed by atoms with E-state index in [1.807, 2.05) is 32.0 Å². The van der Waals surface area contributed by atoms with Crippen LogP contribution in [0.4, 0.5) is 11.6 Å². The monoisotopic (exact) mass is 300 g/mol. The number of hydrogen-bond donors (Lipinski definition) is 2. The van der Waals surface area contributed by atoms with Crippen LogP contribution in [0.3, 0.4) is 0 Å². The van der Waals surface area contributed by atoms with Crippen LogP contribution in [0, 0.1) is 19.8 Å². The van der Waals surface area contributed by atoms with Gasteiger partial charge in [0.05, 0.1) is 11.6 Å². The molecule has 3 heterocycles. The van der Waals surface area contributed by atoms with Crippen molar-refractivity contribution in [2.24, 2.45) is 5.92 Å². The zero-order valence-corrected chi connectivity index (χ0v) is 12.8. The molecule has 2 aromatic heterocycles. The molecule has 116 valence electrons. The molecule has 0 saturated carbocycles. The van der Waals surface area contributed by atoms with Crippen LogP contribution >= 0.6 is 0 Å². The van der Waals surface area contributed by atoms with Gasteiger partial charge in [-0.3, -0.25) is 9.89 Å². The first-order chi connectivity index (χ1) is 10.6. The number of piperidine rings is 1. The average Bonchev–Trinajstić information content (AvgIpc) is 2.93. The van der Waals surface area contributed by atoms with Crippen LogP contribution in [-0.4, -0.2) is 39.4 Å². The molecule has 0 aliphatic carbocycles. The van der Waals surface area contributed by atoms with E-state index in [1.54, 1.807) is 0 Å². The highest BCUT2D eigenvalue weighted by molar-refractivity contribution is 5.92. The Morgan fingerprint density at radius 3 is 2.91 bits per heavy atom. The molecule has 1 saturated heterocycles. The predicted molar refractivity (Wildman–Crippen MR) is 83.7 cm³/mol. The maximum atomic E-state index is 12.4. The highest BCUT2D eigenvalue weighted by Crippen LogP contribution is 2.22. The topological polar surface area (TPSA) is 86.8 Å². The van der Waals surface area contributed by atoms with Crippen molar-refractivity contribution in [3.05, 3.63) is 29.6 Å². The van der Waals surface area contributed by atoms with Crippen molar-refractivity contribution in [2.75, 3.05) is 23.3 Å². The summed E-state index contributed by atoms with van der Waals surface area (Å²) in [7, 11) is 0. The second-order valence-corrected chi connectivity index (χ2v) is 5.74. The minimum atomic E-state index is -0.0612. The highest BCUT2D eigenvalue weighted by Gasteiger charge is 2.27. The minimum absolute atomic E-state index is 0.0104. The Kier molecular flexibility index (Phi) is 4.04. The van der Waals surface area contributed by atoms with Crippen molar-refractivity contribution < 1.29 is 4.79 Å². The standard InChI is InChI=1S/C15H20N6O/c1-10-5-6-14(20-17-10)21-7-3-4-12(9-21)15(22)16-13-8-11(2)18-19-13/h5-6,8,12H,3-4,7,9H2,1-2H3,(H2,16,18,19,22). The molecule has 0 radical (unpaired) electrons. The smallest absolute Gasteiger partial charge is 0.230 e. The number of amides is 1. The Morgan fingerprint density at radius 1 is 1.36 bits per heavy atom. The first kappa shape index (κ1) is 14.5. The number of nitrogens with zero attached hydrogens (tertiary/aromatic N) is 4. The number of aryl methyl sites for hydroxylation is 2. The predicted octanol–water partition coefficient (Wildman–Crippen LogP) is 1.67. The summed E-state index contributed by atoms with van der Waals surface area (Å²) in [5.74, 6) is 1.36. The molecule has 1 amide bonds. The summed E-state index contributed by atoms with van der Waals surface area (Å²) in [5.41, 5.74) is 1.82. The van der Waals surface area contributed by atoms with Gasteiger partial charge >= 0.3 is 0 Å². The van der Waals surface area contributed by atoms with Gasteiger partial charge in [0.25, 0.3) is 0 Å². The lowest BCUT2D eigenvalue weighted by Gasteiger charge is -2.32. The molecule has 0 aromatic carbocycles. The summed E-state index contributed by atoms with van der Waals surface area (Å²) in [6.45, 7) is 5.38. The second kappa shape index (κ2) is 6.13. The number of aromatic amines is 1. The fourth-order valence-electron chi connectivity index (χ4n) is 2.67. The van der Waals surface area contributed by atoms with Gasteiger partial charge in [-0.15, -0.1) is 5.10 Å². The number of aromatic nitrogens is 4. The first-order valence-corrected chi connectivity index (χ1v) is 7.50. The number of nitrogens with one attached hydrogen (secondary N) is 2. The van der Waals surface area contributed by atoms with Crippen molar-refractivity contribution in [1.82, 2.24) is 20.4 Å². The number of hydrogen-bond acceptors (Lipinski definition) is 5. The van der Waals surface area contributed by atoms with Gasteiger partial charge in [0, 0.05) is 24.8 Å². The van der Waals surface area contributed by atoms with Crippen molar-refractivity contribution in [3.63, 3.8) is 0 Å². The lowest BCUT2D eigenvalue weighted by molar-refractivity contribution is -0.120. The molecule has 2 aromatic rings. The second-order valence-electron chi connectivity index (χ2n) is 5.74. The van der Waals surface area contributed by atoms with Crippen molar-refractivity contribution in [3.8, 4) is 0 Å². The molecule has 3 rings (SSSR count). The molecule has 2 N–H and O–H groups in total. The van der Waals surface area contributed by atoms with Crippen LogP contribution in [-0.2, 0) is 4.79 Å². The fraction of sp³-hybridized carbons (Fsp3) is 0.467. The zero-order valence-electron chi connectivity index (χ0n) is 12.8. The van der Waals surface area contributed by atoms with Crippen LogP contribution in [0.25, 0.3) is 0 Å². The molecule has 7 nitrogen and oxygen atoms in total. The van der Waals surface area contributed by atoms with Gasteiger partial charge in [-0.05, 0) is 38.8 Å². The van der Waals surface area contributed by atoms with E-state index in [0.29, 0.717) is 12.4 Å². The third-order valence-electron chi connectivity index (χ3n) is 3.86.